The minimum atomic E-state index is 0.833. The molecule has 0 aliphatic carbocycles. The third-order valence-corrected chi connectivity index (χ3v) is 5.47. The summed E-state index contributed by atoms with van der Waals surface area (Å²) >= 11 is 1.79. The Labute approximate surface area is 146 Å². The third kappa shape index (κ3) is 3.64. The van der Waals surface area contributed by atoms with Crippen LogP contribution in [0.4, 0.5) is 0 Å². The molecule has 0 amide bonds. The highest BCUT2D eigenvalue weighted by Gasteiger charge is 2.10. The SMILES string of the molecule is [CH](CCN1CCNCC1)c1nccc(-c2cc3ccccc3s2)n1. The molecule has 2 aromatic heterocycles. The Kier molecular flexibility index (Phi) is 4.83. The standard InChI is InChI=1S/C19H21N4S/c1-2-5-17-15(4-1)14-18(24-17)16-7-8-21-19(22-16)6-3-11-23-12-9-20-10-13-23/h1-2,4-8,14,20H,3,9-13H2. The van der Waals surface area contributed by atoms with E-state index in [9.17, 15) is 0 Å². The molecule has 1 fully saturated rings. The van der Waals surface area contributed by atoms with E-state index >= 15 is 0 Å². The van der Waals surface area contributed by atoms with Gasteiger partial charge >= 0.3 is 0 Å². The van der Waals surface area contributed by atoms with Gasteiger partial charge in [-0.2, -0.15) is 0 Å². The Morgan fingerprint density at radius 1 is 1.17 bits per heavy atom. The molecule has 0 atom stereocenters. The average Bonchev–Trinajstić information content (AvgIpc) is 3.07. The zero-order valence-corrected chi connectivity index (χ0v) is 14.4. The lowest BCUT2D eigenvalue weighted by atomic mass is 10.2. The van der Waals surface area contributed by atoms with Gasteiger partial charge in [0.25, 0.3) is 0 Å². The molecule has 1 saturated heterocycles. The summed E-state index contributed by atoms with van der Waals surface area (Å²) in [5, 5.41) is 4.66. The maximum absolute atomic E-state index is 4.73. The van der Waals surface area contributed by atoms with Crippen molar-refractivity contribution in [3.63, 3.8) is 0 Å². The van der Waals surface area contributed by atoms with Crippen LogP contribution >= 0.6 is 11.3 Å². The maximum atomic E-state index is 4.73. The van der Waals surface area contributed by atoms with Crippen molar-refractivity contribution in [2.24, 2.45) is 0 Å². The van der Waals surface area contributed by atoms with Crippen molar-refractivity contribution < 1.29 is 0 Å². The van der Waals surface area contributed by atoms with E-state index in [2.05, 4.69) is 52.0 Å². The zero-order valence-electron chi connectivity index (χ0n) is 13.6. The van der Waals surface area contributed by atoms with Crippen LogP contribution in [0.15, 0.2) is 42.6 Å². The number of fused-ring (bicyclic) bond motifs is 1. The molecule has 3 aromatic rings. The van der Waals surface area contributed by atoms with Gasteiger partial charge in [-0.1, -0.05) is 18.2 Å². The largest absolute Gasteiger partial charge is 0.314 e. The fourth-order valence-corrected chi connectivity index (χ4v) is 4.06. The second-order valence-electron chi connectivity index (χ2n) is 6.03. The van der Waals surface area contributed by atoms with Crippen LogP contribution in [0.25, 0.3) is 20.7 Å². The molecule has 3 heterocycles. The lowest BCUT2D eigenvalue weighted by Gasteiger charge is -2.26. The Balaban J connectivity index is 1.43. The van der Waals surface area contributed by atoms with Crippen LogP contribution in [0.2, 0.25) is 0 Å². The number of nitrogens with one attached hydrogen (secondary N) is 1. The molecule has 4 nitrogen and oxygen atoms in total. The highest BCUT2D eigenvalue weighted by Crippen LogP contribution is 2.32. The minimum absolute atomic E-state index is 0.833. The van der Waals surface area contributed by atoms with Crippen molar-refractivity contribution in [1.29, 1.82) is 0 Å². The van der Waals surface area contributed by atoms with Gasteiger partial charge in [0.05, 0.1) is 10.6 Å². The second-order valence-corrected chi connectivity index (χ2v) is 7.12. The quantitative estimate of drug-likeness (QED) is 0.776. The molecule has 1 aliphatic heterocycles. The molecule has 1 N–H and O–H groups in total. The van der Waals surface area contributed by atoms with Gasteiger partial charge in [-0.3, -0.25) is 0 Å². The van der Waals surface area contributed by atoms with Crippen LogP contribution in [0.3, 0.4) is 0 Å². The molecule has 123 valence electrons. The Morgan fingerprint density at radius 2 is 2.04 bits per heavy atom. The van der Waals surface area contributed by atoms with Crippen LogP contribution in [-0.2, 0) is 0 Å². The van der Waals surface area contributed by atoms with Crippen LogP contribution in [0.5, 0.6) is 0 Å². The highest BCUT2D eigenvalue weighted by atomic mass is 32.1. The van der Waals surface area contributed by atoms with E-state index in [0.717, 1.165) is 50.7 Å². The first-order valence-electron chi connectivity index (χ1n) is 8.47. The predicted molar refractivity (Wildman–Crippen MR) is 100 cm³/mol. The number of nitrogens with zero attached hydrogens (tertiary/aromatic N) is 3. The zero-order chi connectivity index (χ0) is 16.2. The van der Waals surface area contributed by atoms with Gasteiger partial charge in [-0.05, 0) is 36.6 Å². The van der Waals surface area contributed by atoms with E-state index in [1.54, 1.807) is 11.3 Å². The Bertz CT molecular complexity index is 775. The van der Waals surface area contributed by atoms with E-state index in [1.807, 2.05) is 12.3 Å². The van der Waals surface area contributed by atoms with Crippen molar-refractivity contribution in [3.8, 4) is 10.6 Å². The summed E-state index contributed by atoms with van der Waals surface area (Å²) in [6.07, 6.45) is 5.01. The maximum Gasteiger partial charge on any atom is 0.132 e. The molecule has 1 radical (unpaired) electrons. The summed E-state index contributed by atoms with van der Waals surface area (Å²) in [4.78, 5) is 12.8. The van der Waals surface area contributed by atoms with Gasteiger partial charge in [0, 0.05) is 43.5 Å². The molecule has 0 unspecified atom stereocenters. The number of aromatic nitrogens is 2. The molecular formula is C19H21N4S. The summed E-state index contributed by atoms with van der Waals surface area (Å²) in [5.74, 6) is 0.833. The van der Waals surface area contributed by atoms with Crippen molar-refractivity contribution in [2.75, 3.05) is 32.7 Å². The van der Waals surface area contributed by atoms with E-state index in [4.69, 9.17) is 4.98 Å². The van der Waals surface area contributed by atoms with Gasteiger partial charge in [-0.15, -0.1) is 11.3 Å². The van der Waals surface area contributed by atoms with E-state index in [1.165, 1.54) is 15.0 Å². The highest BCUT2D eigenvalue weighted by molar-refractivity contribution is 7.22. The number of thiophene rings is 1. The average molecular weight is 337 g/mol. The van der Waals surface area contributed by atoms with E-state index < -0.39 is 0 Å². The molecule has 0 spiro atoms. The molecular weight excluding hydrogens is 316 g/mol. The summed E-state index contributed by atoms with van der Waals surface area (Å²) in [6, 6.07) is 12.7. The van der Waals surface area contributed by atoms with Crippen LogP contribution in [0, 0.1) is 6.42 Å². The van der Waals surface area contributed by atoms with Crippen molar-refractivity contribution in [3.05, 3.63) is 54.8 Å². The smallest absolute Gasteiger partial charge is 0.132 e. The number of rotatable bonds is 5. The van der Waals surface area contributed by atoms with E-state index in [0.29, 0.717) is 0 Å². The molecule has 4 rings (SSSR count). The Hall–Kier alpha value is -1.82. The van der Waals surface area contributed by atoms with Gasteiger partial charge in [0.2, 0.25) is 0 Å². The number of hydrogen-bond donors (Lipinski definition) is 1. The topological polar surface area (TPSA) is 41.0 Å². The number of benzene rings is 1. The number of hydrogen-bond acceptors (Lipinski definition) is 5. The molecule has 24 heavy (non-hydrogen) atoms. The third-order valence-electron chi connectivity index (χ3n) is 4.33. The van der Waals surface area contributed by atoms with Crippen LogP contribution < -0.4 is 5.32 Å². The van der Waals surface area contributed by atoms with Crippen molar-refractivity contribution in [1.82, 2.24) is 20.2 Å². The van der Waals surface area contributed by atoms with Gasteiger partial charge in [-0.25, -0.2) is 9.97 Å². The van der Waals surface area contributed by atoms with Crippen LogP contribution in [-0.4, -0.2) is 47.6 Å². The van der Waals surface area contributed by atoms with Crippen molar-refractivity contribution >= 4 is 21.4 Å². The summed E-state index contributed by atoms with van der Waals surface area (Å²) < 4.78 is 1.30. The summed E-state index contributed by atoms with van der Waals surface area (Å²) in [5.41, 5.74) is 1.01. The van der Waals surface area contributed by atoms with Gasteiger partial charge in [0.1, 0.15) is 5.82 Å². The van der Waals surface area contributed by atoms with E-state index in [-0.39, 0.29) is 0 Å². The minimum Gasteiger partial charge on any atom is -0.314 e. The first kappa shape index (κ1) is 15.7. The van der Waals surface area contributed by atoms with Gasteiger partial charge < -0.3 is 10.2 Å². The normalized spacial score (nSPS) is 15.8. The number of piperazine rings is 1. The Morgan fingerprint density at radius 3 is 2.92 bits per heavy atom. The fraction of sp³-hybridized carbons (Fsp3) is 0.316. The lowest BCUT2D eigenvalue weighted by molar-refractivity contribution is 0.243. The second kappa shape index (κ2) is 7.38. The van der Waals surface area contributed by atoms with Crippen molar-refractivity contribution in [2.45, 2.75) is 6.42 Å². The molecule has 1 aliphatic rings. The fourth-order valence-electron chi connectivity index (χ4n) is 3.03. The monoisotopic (exact) mass is 337 g/mol. The molecule has 0 saturated carbocycles. The van der Waals surface area contributed by atoms with Gasteiger partial charge in [0.15, 0.2) is 0 Å². The molecule has 0 bridgehead atoms. The molecule has 5 heteroatoms. The lowest BCUT2D eigenvalue weighted by Crippen LogP contribution is -2.43. The first-order chi connectivity index (χ1) is 11.9. The predicted octanol–water partition coefficient (Wildman–Crippen LogP) is 3.21. The molecule has 1 aromatic carbocycles. The van der Waals surface area contributed by atoms with Crippen LogP contribution in [0.1, 0.15) is 12.2 Å². The summed E-state index contributed by atoms with van der Waals surface area (Å²) in [7, 11) is 0. The first-order valence-corrected chi connectivity index (χ1v) is 9.28. The summed E-state index contributed by atoms with van der Waals surface area (Å²) in [6.45, 7) is 5.54.